The van der Waals surface area contributed by atoms with Crippen LogP contribution in [0.2, 0.25) is 0 Å². The normalized spacial score (nSPS) is 23.5. The van der Waals surface area contributed by atoms with E-state index in [0.717, 1.165) is 24.5 Å². The molecule has 0 bridgehead atoms. The summed E-state index contributed by atoms with van der Waals surface area (Å²) in [6, 6.07) is 2.01. The zero-order chi connectivity index (χ0) is 17.0. The van der Waals surface area contributed by atoms with Gasteiger partial charge in [0.2, 0.25) is 0 Å². The molecule has 1 aromatic heterocycles. The van der Waals surface area contributed by atoms with Gasteiger partial charge in [0, 0.05) is 38.8 Å². The van der Waals surface area contributed by atoms with Gasteiger partial charge < -0.3 is 19.5 Å². The van der Waals surface area contributed by atoms with Gasteiger partial charge in [0.25, 0.3) is 0 Å². The molecule has 1 aliphatic rings. The van der Waals surface area contributed by atoms with Crippen molar-refractivity contribution in [2.45, 2.75) is 52.5 Å². The van der Waals surface area contributed by atoms with E-state index in [1.807, 2.05) is 13.0 Å². The second-order valence-electron chi connectivity index (χ2n) is 6.53. The van der Waals surface area contributed by atoms with Crippen LogP contribution in [-0.4, -0.2) is 65.9 Å². The summed E-state index contributed by atoms with van der Waals surface area (Å²) in [5.74, 6) is 0.748. The third-order valence-corrected chi connectivity index (χ3v) is 4.04. The molecule has 2 rings (SSSR count). The maximum absolute atomic E-state index is 12.2. The first-order valence-electron chi connectivity index (χ1n) is 8.15. The molecule has 1 aliphatic heterocycles. The van der Waals surface area contributed by atoms with Gasteiger partial charge in [-0.2, -0.15) is 0 Å². The van der Waals surface area contributed by atoms with Gasteiger partial charge in [-0.15, -0.1) is 0 Å². The van der Waals surface area contributed by atoms with E-state index >= 15 is 0 Å². The number of carbonyl (C=O) groups excluding carboxylic acids is 1. The van der Waals surface area contributed by atoms with Crippen molar-refractivity contribution in [3.8, 4) is 0 Å². The molecule has 0 unspecified atom stereocenters. The van der Waals surface area contributed by atoms with Crippen molar-refractivity contribution in [3.63, 3.8) is 0 Å². The average Bonchev–Trinajstić information content (AvgIpc) is 2.88. The van der Waals surface area contributed by atoms with Crippen LogP contribution in [0, 0.1) is 6.92 Å². The second-order valence-corrected chi connectivity index (χ2v) is 6.53. The number of morpholine rings is 1. The van der Waals surface area contributed by atoms with Crippen LogP contribution < -0.4 is 5.32 Å². The molecule has 0 radical (unpaired) electrons. The summed E-state index contributed by atoms with van der Waals surface area (Å²) in [6.45, 7) is 11.0. The minimum atomic E-state index is -0.105. The molecule has 0 aliphatic carbocycles. The molecule has 2 amide bonds. The number of hydrogen-bond donors (Lipinski definition) is 1. The van der Waals surface area contributed by atoms with Crippen molar-refractivity contribution in [1.29, 1.82) is 0 Å². The molecule has 1 aromatic rings. The Morgan fingerprint density at radius 1 is 1.48 bits per heavy atom. The minimum Gasteiger partial charge on any atom is -0.373 e. The Morgan fingerprint density at radius 3 is 2.70 bits per heavy atom. The van der Waals surface area contributed by atoms with E-state index in [9.17, 15) is 4.79 Å². The highest BCUT2D eigenvalue weighted by molar-refractivity contribution is 5.73. The molecule has 2 heterocycles. The molecular weight excluding hydrogens is 296 g/mol. The smallest absolute Gasteiger partial charge is 0.317 e. The van der Waals surface area contributed by atoms with E-state index in [1.165, 1.54) is 0 Å². The number of ether oxygens (including phenoxy) is 1. The van der Waals surface area contributed by atoms with Crippen LogP contribution in [0.5, 0.6) is 0 Å². The zero-order valence-corrected chi connectivity index (χ0v) is 14.7. The third kappa shape index (κ3) is 5.21. The fourth-order valence-corrected chi connectivity index (χ4v) is 2.88. The lowest BCUT2D eigenvalue weighted by atomic mass is 10.2. The van der Waals surface area contributed by atoms with Crippen LogP contribution in [0.4, 0.5) is 4.79 Å². The topological polar surface area (TPSA) is 70.8 Å². The van der Waals surface area contributed by atoms with E-state index < -0.39 is 0 Å². The molecule has 23 heavy (non-hydrogen) atoms. The Bertz CT molecular complexity index is 509. The summed E-state index contributed by atoms with van der Waals surface area (Å²) in [5.41, 5.74) is 0.754. The molecule has 0 aromatic carbocycles. The Labute approximate surface area is 137 Å². The van der Waals surface area contributed by atoms with E-state index in [-0.39, 0.29) is 24.3 Å². The van der Waals surface area contributed by atoms with Crippen LogP contribution in [-0.2, 0) is 11.3 Å². The average molecular weight is 324 g/mol. The standard InChI is InChI=1S/C16H28N4O3/c1-11(20-8-13(3)22-14(4)9-20)7-17-16(21)19(5)10-15-6-12(2)23-18-15/h6,11,13-14H,7-10H2,1-5H3,(H,17,21)/t11-,13+,14+/m0/s1. The highest BCUT2D eigenvalue weighted by Crippen LogP contribution is 2.13. The van der Waals surface area contributed by atoms with Crippen molar-refractivity contribution in [2.75, 3.05) is 26.7 Å². The highest BCUT2D eigenvalue weighted by Gasteiger charge is 2.26. The molecule has 7 heteroatoms. The Hall–Kier alpha value is -1.60. The molecule has 1 saturated heterocycles. The predicted octanol–water partition coefficient (Wildman–Crippen LogP) is 1.62. The molecule has 1 fully saturated rings. The van der Waals surface area contributed by atoms with Gasteiger partial charge in [0.1, 0.15) is 11.5 Å². The van der Waals surface area contributed by atoms with Crippen molar-refractivity contribution in [1.82, 2.24) is 20.3 Å². The first-order valence-corrected chi connectivity index (χ1v) is 8.15. The lowest BCUT2D eigenvalue weighted by Crippen LogP contribution is -2.53. The lowest BCUT2D eigenvalue weighted by molar-refractivity contribution is -0.0778. The number of aromatic nitrogens is 1. The van der Waals surface area contributed by atoms with Crippen molar-refractivity contribution >= 4 is 6.03 Å². The van der Waals surface area contributed by atoms with Crippen molar-refractivity contribution < 1.29 is 14.1 Å². The molecule has 0 spiro atoms. The number of hydrogen-bond acceptors (Lipinski definition) is 5. The lowest BCUT2D eigenvalue weighted by Gasteiger charge is -2.39. The van der Waals surface area contributed by atoms with Gasteiger partial charge >= 0.3 is 6.03 Å². The summed E-state index contributed by atoms with van der Waals surface area (Å²) in [6.07, 6.45) is 0.463. The van der Waals surface area contributed by atoms with Crippen LogP contribution in [0.15, 0.2) is 10.6 Å². The summed E-state index contributed by atoms with van der Waals surface area (Å²) < 4.78 is 10.8. The number of nitrogens with zero attached hydrogens (tertiary/aromatic N) is 3. The van der Waals surface area contributed by atoms with Gasteiger partial charge in [0.05, 0.1) is 18.8 Å². The number of carbonyl (C=O) groups is 1. The van der Waals surface area contributed by atoms with Crippen molar-refractivity contribution in [3.05, 3.63) is 17.5 Å². The SMILES string of the molecule is Cc1cc(CN(C)C(=O)NC[C@H](C)N2C[C@@H](C)O[C@H](C)C2)no1. The summed E-state index contributed by atoms with van der Waals surface area (Å²) in [4.78, 5) is 16.2. The fourth-order valence-electron chi connectivity index (χ4n) is 2.88. The largest absolute Gasteiger partial charge is 0.373 e. The van der Waals surface area contributed by atoms with Gasteiger partial charge in [-0.25, -0.2) is 4.79 Å². The summed E-state index contributed by atoms with van der Waals surface area (Å²) in [7, 11) is 1.75. The van der Waals surface area contributed by atoms with Crippen LogP contribution in [0.1, 0.15) is 32.2 Å². The first kappa shape index (κ1) is 17.7. The predicted molar refractivity (Wildman–Crippen MR) is 87.1 cm³/mol. The minimum absolute atomic E-state index is 0.105. The second kappa shape index (κ2) is 7.79. The van der Waals surface area contributed by atoms with Crippen LogP contribution in [0.3, 0.4) is 0 Å². The molecule has 0 saturated carbocycles. The Balaban J connectivity index is 1.76. The third-order valence-electron chi connectivity index (χ3n) is 4.04. The molecule has 130 valence electrons. The first-order chi connectivity index (χ1) is 10.8. The number of urea groups is 1. The molecule has 3 atom stereocenters. The monoisotopic (exact) mass is 324 g/mol. The quantitative estimate of drug-likeness (QED) is 0.891. The van der Waals surface area contributed by atoms with Gasteiger partial charge in [-0.3, -0.25) is 4.90 Å². The van der Waals surface area contributed by atoms with Gasteiger partial charge in [-0.05, 0) is 27.7 Å². The van der Waals surface area contributed by atoms with Crippen LogP contribution in [0.25, 0.3) is 0 Å². The maximum Gasteiger partial charge on any atom is 0.317 e. The van der Waals surface area contributed by atoms with Crippen LogP contribution >= 0.6 is 0 Å². The number of nitrogens with one attached hydrogen (secondary N) is 1. The molecular formula is C16H28N4O3. The van der Waals surface area contributed by atoms with E-state index in [0.29, 0.717) is 13.1 Å². The fraction of sp³-hybridized carbons (Fsp3) is 0.750. The number of aryl methyl sites for hydroxylation is 1. The number of rotatable bonds is 5. The Kier molecular flexibility index (Phi) is 6.01. The maximum atomic E-state index is 12.2. The number of amides is 2. The van der Waals surface area contributed by atoms with E-state index in [1.54, 1.807) is 11.9 Å². The van der Waals surface area contributed by atoms with E-state index in [4.69, 9.17) is 9.26 Å². The summed E-state index contributed by atoms with van der Waals surface area (Å²) >= 11 is 0. The van der Waals surface area contributed by atoms with E-state index in [2.05, 4.69) is 36.1 Å². The molecule has 1 N–H and O–H groups in total. The summed E-state index contributed by atoms with van der Waals surface area (Å²) in [5, 5.41) is 6.89. The van der Waals surface area contributed by atoms with Crippen molar-refractivity contribution in [2.24, 2.45) is 0 Å². The van der Waals surface area contributed by atoms with Gasteiger partial charge in [0.15, 0.2) is 0 Å². The molecule has 7 nitrogen and oxygen atoms in total. The highest BCUT2D eigenvalue weighted by atomic mass is 16.5. The Morgan fingerprint density at radius 2 is 2.13 bits per heavy atom. The van der Waals surface area contributed by atoms with Gasteiger partial charge in [-0.1, -0.05) is 5.16 Å². The zero-order valence-electron chi connectivity index (χ0n) is 14.7.